The van der Waals surface area contributed by atoms with E-state index >= 15 is 0 Å². The third kappa shape index (κ3) is 5.59. The molecule has 0 saturated heterocycles. The highest BCUT2D eigenvalue weighted by molar-refractivity contribution is 7.99. The molecule has 0 fully saturated rings. The molecule has 140 valence electrons. The number of hydrogen-bond acceptors (Lipinski definition) is 4. The van der Waals surface area contributed by atoms with Gasteiger partial charge in [-0.25, -0.2) is 0 Å². The van der Waals surface area contributed by atoms with Gasteiger partial charge >= 0.3 is 6.18 Å². The largest absolute Gasteiger partial charge is 0.493 e. The topological polar surface area (TPSA) is 47.6 Å². The summed E-state index contributed by atoms with van der Waals surface area (Å²) in [7, 11) is 1.46. The fourth-order valence-electron chi connectivity index (χ4n) is 2.13. The van der Waals surface area contributed by atoms with Crippen LogP contribution in [-0.2, 0) is 0 Å². The van der Waals surface area contributed by atoms with E-state index in [-0.39, 0.29) is 0 Å². The number of anilines is 1. The Morgan fingerprint density at radius 2 is 1.88 bits per heavy atom. The first-order valence-corrected chi connectivity index (χ1v) is 8.73. The van der Waals surface area contributed by atoms with Gasteiger partial charge in [-0.15, -0.1) is 11.8 Å². The lowest BCUT2D eigenvalue weighted by Crippen LogP contribution is -2.14. The molecular weight excluding hydrogens is 367 g/mol. The number of carbonyl (C=O) groups excluding carboxylic acids is 1. The van der Waals surface area contributed by atoms with Crippen LogP contribution in [0.4, 0.5) is 18.9 Å². The minimum absolute atomic E-state index is 0.306. The maximum Gasteiger partial charge on any atom is 0.398 e. The zero-order valence-electron chi connectivity index (χ0n) is 14.2. The van der Waals surface area contributed by atoms with E-state index < -0.39 is 17.8 Å². The van der Waals surface area contributed by atoms with Crippen molar-refractivity contribution in [2.75, 3.05) is 24.8 Å². The van der Waals surface area contributed by atoms with Gasteiger partial charge in [0.25, 0.3) is 5.91 Å². The number of ether oxygens (including phenoxy) is 2. The van der Waals surface area contributed by atoms with Crippen molar-refractivity contribution in [2.24, 2.45) is 0 Å². The van der Waals surface area contributed by atoms with Crippen molar-refractivity contribution in [1.82, 2.24) is 0 Å². The normalized spacial score (nSPS) is 11.1. The van der Waals surface area contributed by atoms with E-state index in [9.17, 15) is 18.0 Å². The van der Waals surface area contributed by atoms with Crippen LogP contribution < -0.4 is 14.8 Å². The van der Waals surface area contributed by atoms with Crippen molar-refractivity contribution >= 4 is 23.4 Å². The Morgan fingerprint density at radius 3 is 2.54 bits per heavy atom. The van der Waals surface area contributed by atoms with Gasteiger partial charge in [0.2, 0.25) is 0 Å². The Labute approximate surface area is 153 Å². The highest BCUT2D eigenvalue weighted by Crippen LogP contribution is 2.33. The van der Waals surface area contributed by atoms with E-state index in [0.29, 0.717) is 46.0 Å². The number of alkyl halides is 3. The summed E-state index contributed by atoms with van der Waals surface area (Å²) >= 11 is 0.623. The number of hydrogen-bond donors (Lipinski definition) is 1. The monoisotopic (exact) mass is 385 g/mol. The first-order chi connectivity index (χ1) is 12.3. The van der Waals surface area contributed by atoms with Gasteiger partial charge in [0, 0.05) is 10.5 Å². The number of halogens is 3. The minimum Gasteiger partial charge on any atom is -0.493 e. The molecule has 1 N–H and O–H groups in total. The molecule has 2 rings (SSSR count). The molecule has 0 aliphatic rings. The summed E-state index contributed by atoms with van der Waals surface area (Å²) in [5.41, 5.74) is 0.625. The summed E-state index contributed by atoms with van der Waals surface area (Å²) in [6.07, 6.45) is -4.29. The van der Waals surface area contributed by atoms with Gasteiger partial charge in [-0.3, -0.25) is 4.79 Å². The quantitative estimate of drug-likeness (QED) is 0.682. The van der Waals surface area contributed by atoms with Crippen LogP contribution in [0.2, 0.25) is 0 Å². The van der Waals surface area contributed by atoms with Crippen molar-refractivity contribution in [3.05, 3.63) is 48.0 Å². The van der Waals surface area contributed by atoms with Crippen molar-refractivity contribution < 1.29 is 27.4 Å². The standard InChI is InChI=1S/C18H18F3NO3S/c1-3-25-14-9-8-12(10-15(14)24-2)17(23)22-13-6-4-5-7-16(13)26-11-18(19,20)21/h4-10H,3,11H2,1-2H3,(H,22,23). The zero-order chi connectivity index (χ0) is 19.2. The van der Waals surface area contributed by atoms with Crippen molar-refractivity contribution in [2.45, 2.75) is 18.0 Å². The van der Waals surface area contributed by atoms with Gasteiger partial charge in [0.1, 0.15) is 0 Å². The molecule has 0 aliphatic heterocycles. The maximum absolute atomic E-state index is 12.5. The Morgan fingerprint density at radius 1 is 1.15 bits per heavy atom. The van der Waals surface area contributed by atoms with Crippen LogP contribution in [0.25, 0.3) is 0 Å². The Balaban J connectivity index is 2.17. The molecule has 0 atom stereocenters. The van der Waals surface area contributed by atoms with E-state index in [0.717, 1.165) is 0 Å². The second kappa shape index (κ2) is 8.84. The van der Waals surface area contributed by atoms with Crippen LogP contribution in [-0.4, -0.2) is 31.6 Å². The fraction of sp³-hybridized carbons (Fsp3) is 0.278. The number of benzene rings is 2. The lowest BCUT2D eigenvalue weighted by molar-refractivity contribution is -0.105. The molecule has 0 bridgehead atoms. The molecule has 0 unspecified atom stereocenters. The number of amides is 1. The Kier molecular flexibility index (Phi) is 6.79. The minimum atomic E-state index is -4.29. The lowest BCUT2D eigenvalue weighted by atomic mass is 10.2. The van der Waals surface area contributed by atoms with Crippen molar-refractivity contribution in [3.63, 3.8) is 0 Å². The third-order valence-electron chi connectivity index (χ3n) is 3.25. The SMILES string of the molecule is CCOc1ccc(C(=O)Nc2ccccc2SCC(F)(F)F)cc1OC. The van der Waals surface area contributed by atoms with Crippen LogP contribution in [0.3, 0.4) is 0 Å². The highest BCUT2D eigenvalue weighted by Gasteiger charge is 2.27. The maximum atomic E-state index is 12.5. The van der Waals surface area contributed by atoms with Crippen molar-refractivity contribution in [1.29, 1.82) is 0 Å². The summed E-state index contributed by atoms with van der Waals surface area (Å²) < 4.78 is 48.0. The molecule has 2 aromatic carbocycles. The third-order valence-corrected chi connectivity index (χ3v) is 4.39. The second-order valence-corrected chi connectivity index (χ2v) is 6.17. The molecule has 2 aromatic rings. The van der Waals surface area contributed by atoms with Crippen LogP contribution >= 0.6 is 11.8 Å². The average Bonchev–Trinajstić information content (AvgIpc) is 2.60. The molecule has 4 nitrogen and oxygen atoms in total. The number of methoxy groups -OCH3 is 1. The molecule has 0 saturated carbocycles. The average molecular weight is 385 g/mol. The van der Waals surface area contributed by atoms with E-state index in [2.05, 4.69) is 5.32 Å². The number of rotatable bonds is 7. The molecule has 0 heterocycles. The predicted octanol–water partition coefficient (Wildman–Crippen LogP) is 5.00. The summed E-state index contributed by atoms with van der Waals surface area (Å²) in [6, 6.07) is 11.1. The van der Waals surface area contributed by atoms with Crippen LogP contribution in [0.15, 0.2) is 47.4 Å². The molecule has 0 aromatic heterocycles. The van der Waals surface area contributed by atoms with E-state index in [1.54, 1.807) is 30.3 Å². The molecule has 0 radical (unpaired) electrons. The van der Waals surface area contributed by atoms with E-state index in [1.807, 2.05) is 6.92 Å². The first-order valence-electron chi connectivity index (χ1n) is 7.75. The number of nitrogens with one attached hydrogen (secondary N) is 1. The summed E-state index contributed by atoms with van der Waals surface area (Å²) in [6.45, 7) is 2.28. The van der Waals surface area contributed by atoms with E-state index in [4.69, 9.17) is 9.47 Å². The molecule has 26 heavy (non-hydrogen) atoms. The predicted molar refractivity (Wildman–Crippen MR) is 95.3 cm³/mol. The first kappa shape index (κ1) is 20.0. The van der Waals surface area contributed by atoms with Crippen LogP contribution in [0.1, 0.15) is 17.3 Å². The summed E-state index contributed by atoms with van der Waals surface area (Å²) in [4.78, 5) is 12.8. The van der Waals surface area contributed by atoms with Gasteiger partial charge < -0.3 is 14.8 Å². The summed E-state index contributed by atoms with van der Waals surface area (Å²) in [5.74, 6) is -0.574. The van der Waals surface area contributed by atoms with Gasteiger partial charge in [0.05, 0.1) is 25.2 Å². The summed E-state index contributed by atoms with van der Waals surface area (Å²) in [5, 5.41) is 2.64. The molecule has 0 spiro atoms. The Bertz CT molecular complexity index is 766. The van der Waals surface area contributed by atoms with Crippen LogP contribution in [0.5, 0.6) is 11.5 Å². The molecule has 8 heteroatoms. The van der Waals surface area contributed by atoms with Gasteiger partial charge in [-0.2, -0.15) is 13.2 Å². The smallest absolute Gasteiger partial charge is 0.398 e. The Hall–Kier alpha value is -2.35. The lowest BCUT2D eigenvalue weighted by Gasteiger charge is -2.13. The van der Waals surface area contributed by atoms with Crippen LogP contribution in [0, 0.1) is 0 Å². The second-order valence-electron chi connectivity index (χ2n) is 5.15. The van der Waals surface area contributed by atoms with Gasteiger partial charge in [-0.05, 0) is 37.3 Å². The fourth-order valence-corrected chi connectivity index (χ4v) is 2.90. The highest BCUT2D eigenvalue weighted by atomic mass is 32.2. The number of carbonyl (C=O) groups is 1. The zero-order valence-corrected chi connectivity index (χ0v) is 15.0. The molecular formula is C18H18F3NO3S. The van der Waals surface area contributed by atoms with Crippen molar-refractivity contribution in [3.8, 4) is 11.5 Å². The van der Waals surface area contributed by atoms with Gasteiger partial charge in [-0.1, -0.05) is 12.1 Å². The van der Waals surface area contributed by atoms with Gasteiger partial charge in [0.15, 0.2) is 11.5 Å². The molecule has 0 aliphatic carbocycles. The molecule has 1 amide bonds. The number of para-hydroxylation sites is 1. The number of thioether (sulfide) groups is 1. The van der Waals surface area contributed by atoms with E-state index in [1.165, 1.54) is 19.2 Å².